The summed E-state index contributed by atoms with van der Waals surface area (Å²) in [6.07, 6.45) is 0. The van der Waals surface area contributed by atoms with E-state index in [-0.39, 0.29) is 11.8 Å². The Hall–Kier alpha value is -2.87. The van der Waals surface area contributed by atoms with Crippen LogP contribution in [0.25, 0.3) is 0 Å². The van der Waals surface area contributed by atoms with Gasteiger partial charge in [0.2, 0.25) is 0 Å². The van der Waals surface area contributed by atoms with E-state index in [4.69, 9.17) is 16.3 Å². The highest BCUT2D eigenvalue weighted by atomic mass is 35.5. The summed E-state index contributed by atoms with van der Waals surface area (Å²) in [7, 11) is 5.51. The van der Waals surface area contributed by atoms with Crippen LogP contribution in [0.1, 0.15) is 25.6 Å². The van der Waals surface area contributed by atoms with E-state index >= 15 is 0 Å². The normalized spacial score (nSPS) is 10.6. The van der Waals surface area contributed by atoms with Crippen LogP contribution in [0.5, 0.6) is 0 Å². The molecule has 0 aliphatic rings. The van der Waals surface area contributed by atoms with E-state index in [2.05, 4.69) is 5.32 Å². The molecule has 2 amide bonds. The van der Waals surface area contributed by atoms with Gasteiger partial charge in [-0.25, -0.2) is 0 Å². The van der Waals surface area contributed by atoms with Gasteiger partial charge in [0.1, 0.15) is 0 Å². The lowest BCUT2D eigenvalue weighted by atomic mass is 10.1. The lowest BCUT2D eigenvalue weighted by Gasteiger charge is -2.26. The zero-order chi connectivity index (χ0) is 23.1. The average molecular weight is 472 g/mol. The topological polar surface area (TPSA) is 61.9 Å². The van der Waals surface area contributed by atoms with Crippen molar-refractivity contribution in [3.8, 4) is 0 Å². The molecule has 2 aromatic carbocycles. The van der Waals surface area contributed by atoms with Crippen LogP contribution < -0.4 is 10.2 Å². The van der Waals surface area contributed by atoms with Crippen LogP contribution in [0.15, 0.2) is 60.0 Å². The van der Waals surface area contributed by atoms with Crippen LogP contribution in [0.2, 0.25) is 5.02 Å². The molecule has 0 unspecified atom stereocenters. The van der Waals surface area contributed by atoms with Crippen LogP contribution in [0.3, 0.4) is 0 Å². The zero-order valence-electron chi connectivity index (χ0n) is 18.3. The maximum absolute atomic E-state index is 13.1. The van der Waals surface area contributed by atoms with E-state index < -0.39 is 0 Å². The second-order valence-corrected chi connectivity index (χ2v) is 8.72. The molecule has 1 aromatic heterocycles. The molecule has 3 rings (SSSR count). The number of amides is 2. The first-order valence-corrected chi connectivity index (χ1v) is 11.3. The summed E-state index contributed by atoms with van der Waals surface area (Å²) in [6.45, 7) is 1.26. The quantitative estimate of drug-likeness (QED) is 0.476. The van der Waals surface area contributed by atoms with Gasteiger partial charge >= 0.3 is 0 Å². The number of methoxy groups -OCH3 is 1. The molecule has 1 heterocycles. The predicted octanol–water partition coefficient (Wildman–Crippen LogP) is 5.01. The maximum Gasteiger partial charge on any atom is 0.264 e. The van der Waals surface area contributed by atoms with E-state index in [0.717, 1.165) is 11.3 Å². The fourth-order valence-electron chi connectivity index (χ4n) is 3.29. The van der Waals surface area contributed by atoms with Crippen molar-refractivity contribution in [2.45, 2.75) is 6.54 Å². The monoisotopic (exact) mass is 471 g/mol. The number of anilines is 2. The van der Waals surface area contributed by atoms with E-state index in [9.17, 15) is 9.59 Å². The summed E-state index contributed by atoms with van der Waals surface area (Å²) < 4.78 is 5.22. The molecule has 0 saturated carbocycles. The highest BCUT2D eigenvalue weighted by Crippen LogP contribution is 2.26. The van der Waals surface area contributed by atoms with E-state index in [0.29, 0.717) is 40.8 Å². The Labute approximate surface area is 197 Å². The second-order valence-electron chi connectivity index (χ2n) is 7.37. The minimum Gasteiger partial charge on any atom is -0.383 e. The Morgan fingerprint density at radius 2 is 1.88 bits per heavy atom. The Balaban J connectivity index is 1.88. The number of hydrogen-bond donors (Lipinski definition) is 1. The molecule has 8 heteroatoms. The third-order valence-electron chi connectivity index (χ3n) is 4.88. The van der Waals surface area contributed by atoms with Crippen molar-refractivity contribution >= 4 is 46.1 Å². The standard InChI is InChI=1S/C24H26ClN3O3S/c1-27(2)21-11-10-18(26-23(29)19-7-4-5-8-20(19)25)15-17(21)16-28(12-13-31-3)24(30)22-9-6-14-32-22/h4-11,14-15H,12-13,16H2,1-3H3,(H,26,29). The lowest BCUT2D eigenvalue weighted by molar-refractivity contribution is 0.0685. The fourth-order valence-corrected chi connectivity index (χ4v) is 4.20. The Morgan fingerprint density at radius 3 is 2.53 bits per heavy atom. The number of nitrogens with zero attached hydrogens (tertiary/aromatic N) is 2. The minimum atomic E-state index is -0.287. The highest BCUT2D eigenvalue weighted by Gasteiger charge is 2.20. The molecule has 32 heavy (non-hydrogen) atoms. The van der Waals surface area contributed by atoms with Gasteiger partial charge in [-0.05, 0) is 47.3 Å². The van der Waals surface area contributed by atoms with Crippen molar-refractivity contribution in [3.05, 3.63) is 81.0 Å². The van der Waals surface area contributed by atoms with Crippen molar-refractivity contribution < 1.29 is 14.3 Å². The van der Waals surface area contributed by atoms with E-state index in [1.165, 1.54) is 11.3 Å². The van der Waals surface area contributed by atoms with Crippen LogP contribution in [0.4, 0.5) is 11.4 Å². The molecule has 0 aliphatic carbocycles. The average Bonchev–Trinajstić information content (AvgIpc) is 3.31. The van der Waals surface area contributed by atoms with Gasteiger partial charge in [0.25, 0.3) is 11.8 Å². The predicted molar refractivity (Wildman–Crippen MR) is 131 cm³/mol. The number of thiophene rings is 1. The molecule has 1 N–H and O–H groups in total. The van der Waals surface area contributed by atoms with Gasteiger partial charge in [-0.2, -0.15) is 0 Å². The number of carbonyl (C=O) groups excluding carboxylic acids is 2. The van der Waals surface area contributed by atoms with Crippen molar-refractivity contribution in [1.82, 2.24) is 4.90 Å². The van der Waals surface area contributed by atoms with Gasteiger partial charge in [-0.3, -0.25) is 9.59 Å². The lowest BCUT2D eigenvalue weighted by Crippen LogP contribution is -2.33. The Kier molecular flexibility index (Phi) is 8.27. The van der Waals surface area contributed by atoms with Crippen molar-refractivity contribution in [2.24, 2.45) is 0 Å². The first-order chi connectivity index (χ1) is 15.4. The molecule has 6 nitrogen and oxygen atoms in total. The molecule has 0 spiro atoms. The van der Waals surface area contributed by atoms with Crippen molar-refractivity contribution in [1.29, 1.82) is 0 Å². The molecule has 0 aliphatic heterocycles. The fraction of sp³-hybridized carbons (Fsp3) is 0.250. The number of rotatable bonds is 9. The zero-order valence-corrected chi connectivity index (χ0v) is 19.9. The molecule has 0 saturated heterocycles. The number of ether oxygens (including phenoxy) is 1. The molecule has 168 valence electrons. The molecule has 0 fully saturated rings. The Bertz CT molecular complexity index is 1070. The smallest absolute Gasteiger partial charge is 0.264 e. The van der Waals surface area contributed by atoms with Gasteiger partial charge in [0.15, 0.2) is 0 Å². The van der Waals surface area contributed by atoms with Crippen LogP contribution in [-0.2, 0) is 11.3 Å². The molecule has 3 aromatic rings. The van der Waals surface area contributed by atoms with Crippen molar-refractivity contribution in [2.75, 3.05) is 44.6 Å². The van der Waals surface area contributed by atoms with Gasteiger partial charge in [-0.15, -0.1) is 11.3 Å². The summed E-state index contributed by atoms with van der Waals surface area (Å²) in [5.74, 6) is -0.336. The Morgan fingerprint density at radius 1 is 1.09 bits per heavy atom. The molecule has 0 bridgehead atoms. The third kappa shape index (κ3) is 5.88. The van der Waals surface area contributed by atoms with Crippen LogP contribution >= 0.6 is 22.9 Å². The molecule has 0 atom stereocenters. The van der Waals surface area contributed by atoms with Crippen LogP contribution in [0, 0.1) is 0 Å². The third-order valence-corrected chi connectivity index (χ3v) is 6.07. The summed E-state index contributed by atoms with van der Waals surface area (Å²) in [6, 6.07) is 16.3. The molecular weight excluding hydrogens is 446 g/mol. The van der Waals surface area contributed by atoms with Gasteiger partial charge < -0.3 is 19.9 Å². The first-order valence-electron chi connectivity index (χ1n) is 10.1. The van der Waals surface area contributed by atoms with Gasteiger partial charge in [0.05, 0.1) is 22.1 Å². The largest absolute Gasteiger partial charge is 0.383 e. The summed E-state index contributed by atoms with van der Waals surface area (Å²) in [4.78, 5) is 30.2. The number of hydrogen-bond acceptors (Lipinski definition) is 5. The number of halogens is 1. The maximum atomic E-state index is 13.1. The second kappa shape index (κ2) is 11.1. The minimum absolute atomic E-state index is 0.0488. The van der Waals surface area contributed by atoms with Crippen molar-refractivity contribution in [3.63, 3.8) is 0 Å². The van der Waals surface area contributed by atoms with E-state index in [1.807, 2.05) is 54.7 Å². The molecular formula is C24H26ClN3O3S. The number of benzene rings is 2. The number of nitrogens with one attached hydrogen (secondary N) is 1. The highest BCUT2D eigenvalue weighted by molar-refractivity contribution is 7.12. The number of carbonyl (C=O) groups is 2. The SMILES string of the molecule is COCCN(Cc1cc(NC(=O)c2ccccc2Cl)ccc1N(C)C)C(=O)c1cccs1. The van der Waals surface area contributed by atoms with Crippen LogP contribution in [-0.4, -0.2) is 51.1 Å². The van der Waals surface area contributed by atoms with E-state index in [1.54, 1.807) is 36.3 Å². The van der Waals surface area contributed by atoms with Gasteiger partial charge in [-0.1, -0.05) is 29.8 Å². The summed E-state index contributed by atoms with van der Waals surface area (Å²) in [5, 5.41) is 5.19. The molecule has 0 radical (unpaired) electrons. The summed E-state index contributed by atoms with van der Waals surface area (Å²) in [5.41, 5.74) is 2.91. The van der Waals surface area contributed by atoms with Gasteiger partial charge in [0, 0.05) is 45.7 Å². The summed E-state index contributed by atoms with van der Waals surface area (Å²) >= 11 is 7.57. The first kappa shape index (κ1) is 23.8.